The van der Waals surface area contributed by atoms with Crippen molar-refractivity contribution in [1.82, 2.24) is 19.8 Å². The second-order valence-corrected chi connectivity index (χ2v) is 5.28. The molecule has 6 heteroatoms. The molecule has 1 aromatic carbocycles. The Hall–Kier alpha value is -2.21. The summed E-state index contributed by atoms with van der Waals surface area (Å²) in [7, 11) is 2.08. The highest BCUT2D eigenvalue weighted by Crippen LogP contribution is 2.18. The van der Waals surface area contributed by atoms with Gasteiger partial charge in [-0.05, 0) is 19.2 Å². The Morgan fingerprint density at radius 2 is 1.95 bits per heavy atom. The van der Waals surface area contributed by atoms with Gasteiger partial charge in [0.1, 0.15) is 12.1 Å². The minimum atomic E-state index is 0.116. The maximum absolute atomic E-state index is 12.2. The van der Waals surface area contributed by atoms with E-state index < -0.39 is 0 Å². The molecule has 2 aromatic rings. The molecule has 1 aromatic heterocycles. The lowest BCUT2D eigenvalue weighted by Gasteiger charge is -2.32. The molecule has 3 rings (SSSR count). The van der Waals surface area contributed by atoms with Gasteiger partial charge >= 0.3 is 0 Å². The number of amides is 1. The van der Waals surface area contributed by atoms with E-state index in [-0.39, 0.29) is 12.5 Å². The number of anilines is 1. The molecule has 1 saturated heterocycles. The van der Waals surface area contributed by atoms with Gasteiger partial charge in [0.25, 0.3) is 0 Å². The number of hydrogen-bond donors (Lipinski definition) is 1. The first-order valence-corrected chi connectivity index (χ1v) is 7.14. The molecule has 1 aliphatic rings. The molecule has 1 N–H and O–H groups in total. The van der Waals surface area contributed by atoms with Gasteiger partial charge < -0.3 is 15.1 Å². The minimum Gasteiger partial charge on any atom is -0.360 e. The van der Waals surface area contributed by atoms with E-state index in [1.807, 2.05) is 29.2 Å². The molecule has 0 unspecified atom stereocenters. The number of para-hydroxylation sites is 1. The SMILES string of the molecule is CN1CCN(C(=O)CNc2ncnc3ccccc23)CC1. The maximum atomic E-state index is 12.2. The molecular formula is C15H19N5O. The van der Waals surface area contributed by atoms with Gasteiger partial charge in [-0.25, -0.2) is 9.97 Å². The highest BCUT2D eigenvalue weighted by molar-refractivity contribution is 5.90. The number of carbonyl (C=O) groups excluding carboxylic acids is 1. The fourth-order valence-corrected chi connectivity index (χ4v) is 2.47. The van der Waals surface area contributed by atoms with Gasteiger partial charge in [0.2, 0.25) is 5.91 Å². The van der Waals surface area contributed by atoms with Crippen molar-refractivity contribution in [3.8, 4) is 0 Å². The summed E-state index contributed by atoms with van der Waals surface area (Å²) in [5.74, 6) is 0.828. The number of fused-ring (bicyclic) bond motifs is 1. The van der Waals surface area contributed by atoms with Crippen LogP contribution in [-0.2, 0) is 4.79 Å². The minimum absolute atomic E-state index is 0.116. The summed E-state index contributed by atoms with van der Waals surface area (Å²) in [6.45, 7) is 3.72. The van der Waals surface area contributed by atoms with Gasteiger partial charge in [0.15, 0.2) is 0 Å². The quantitative estimate of drug-likeness (QED) is 0.904. The molecule has 0 saturated carbocycles. The number of aromatic nitrogens is 2. The molecule has 0 aliphatic carbocycles. The lowest BCUT2D eigenvalue weighted by molar-refractivity contribution is -0.130. The number of nitrogens with one attached hydrogen (secondary N) is 1. The van der Waals surface area contributed by atoms with E-state index in [2.05, 4.69) is 27.2 Å². The molecule has 1 aliphatic heterocycles. The second-order valence-electron chi connectivity index (χ2n) is 5.28. The van der Waals surface area contributed by atoms with Gasteiger partial charge in [0.05, 0.1) is 12.1 Å². The van der Waals surface area contributed by atoms with E-state index in [0.29, 0.717) is 5.82 Å². The Morgan fingerprint density at radius 1 is 1.19 bits per heavy atom. The molecule has 2 heterocycles. The summed E-state index contributed by atoms with van der Waals surface area (Å²) in [5.41, 5.74) is 0.877. The predicted molar refractivity (Wildman–Crippen MR) is 82.1 cm³/mol. The fourth-order valence-electron chi connectivity index (χ4n) is 2.47. The molecule has 1 amide bonds. The highest BCUT2D eigenvalue weighted by atomic mass is 16.2. The number of rotatable bonds is 3. The summed E-state index contributed by atoms with van der Waals surface area (Å²) in [5, 5.41) is 4.08. The Morgan fingerprint density at radius 3 is 2.76 bits per heavy atom. The Labute approximate surface area is 123 Å². The van der Waals surface area contributed by atoms with E-state index in [1.54, 1.807) is 0 Å². The summed E-state index contributed by atoms with van der Waals surface area (Å²) in [6, 6.07) is 7.77. The first kappa shape index (κ1) is 13.8. The van der Waals surface area contributed by atoms with Crippen molar-refractivity contribution in [3.63, 3.8) is 0 Å². The molecule has 110 valence electrons. The van der Waals surface area contributed by atoms with Crippen LogP contribution in [0.2, 0.25) is 0 Å². The summed E-state index contributed by atoms with van der Waals surface area (Å²) in [4.78, 5) is 24.8. The topological polar surface area (TPSA) is 61.4 Å². The number of benzene rings is 1. The van der Waals surface area contributed by atoms with Crippen LogP contribution in [-0.4, -0.2) is 65.4 Å². The lowest BCUT2D eigenvalue weighted by Crippen LogP contribution is -2.48. The van der Waals surface area contributed by atoms with Crippen molar-refractivity contribution in [2.45, 2.75) is 0 Å². The molecular weight excluding hydrogens is 266 g/mol. The third-order valence-corrected chi connectivity index (χ3v) is 3.81. The normalized spacial score (nSPS) is 16.1. The van der Waals surface area contributed by atoms with Gasteiger partial charge in [0, 0.05) is 31.6 Å². The monoisotopic (exact) mass is 285 g/mol. The third kappa shape index (κ3) is 3.11. The third-order valence-electron chi connectivity index (χ3n) is 3.81. The van der Waals surface area contributed by atoms with E-state index in [1.165, 1.54) is 6.33 Å². The van der Waals surface area contributed by atoms with E-state index in [0.717, 1.165) is 37.1 Å². The molecule has 0 radical (unpaired) electrons. The van der Waals surface area contributed by atoms with E-state index in [4.69, 9.17) is 0 Å². The van der Waals surface area contributed by atoms with Gasteiger partial charge in [-0.3, -0.25) is 4.79 Å². The number of hydrogen-bond acceptors (Lipinski definition) is 5. The first-order valence-electron chi connectivity index (χ1n) is 7.14. The standard InChI is InChI=1S/C15H19N5O/c1-19-6-8-20(9-7-19)14(21)10-16-15-12-4-2-3-5-13(12)17-11-18-15/h2-5,11H,6-10H2,1H3,(H,16,17,18). The number of carbonyl (C=O) groups is 1. The van der Waals surface area contributed by atoms with Crippen LogP contribution in [0, 0.1) is 0 Å². The van der Waals surface area contributed by atoms with Crippen molar-refractivity contribution in [1.29, 1.82) is 0 Å². The van der Waals surface area contributed by atoms with Crippen LogP contribution in [0.1, 0.15) is 0 Å². The maximum Gasteiger partial charge on any atom is 0.242 e. The molecule has 1 fully saturated rings. The summed E-state index contributed by atoms with van der Waals surface area (Å²) < 4.78 is 0. The molecule has 0 bridgehead atoms. The van der Waals surface area contributed by atoms with Crippen LogP contribution in [0.5, 0.6) is 0 Å². The van der Waals surface area contributed by atoms with Gasteiger partial charge in [-0.2, -0.15) is 0 Å². The number of nitrogens with zero attached hydrogens (tertiary/aromatic N) is 4. The van der Waals surface area contributed by atoms with Crippen LogP contribution < -0.4 is 5.32 Å². The van der Waals surface area contributed by atoms with Crippen molar-refractivity contribution in [2.75, 3.05) is 45.1 Å². The molecule has 21 heavy (non-hydrogen) atoms. The fraction of sp³-hybridized carbons (Fsp3) is 0.400. The molecule has 6 nitrogen and oxygen atoms in total. The Kier molecular flexibility index (Phi) is 3.96. The average molecular weight is 285 g/mol. The lowest BCUT2D eigenvalue weighted by atomic mass is 10.2. The largest absolute Gasteiger partial charge is 0.360 e. The van der Waals surface area contributed by atoms with Crippen LogP contribution in [0.3, 0.4) is 0 Å². The zero-order valence-corrected chi connectivity index (χ0v) is 12.1. The highest BCUT2D eigenvalue weighted by Gasteiger charge is 2.18. The van der Waals surface area contributed by atoms with Crippen molar-refractivity contribution in [3.05, 3.63) is 30.6 Å². The second kappa shape index (κ2) is 6.05. The smallest absolute Gasteiger partial charge is 0.242 e. The van der Waals surface area contributed by atoms with E-state index in [9.17, 15) is 4.79 Å². The van der Waals surface area contributed by atoms with Crippen LogP contribution in [0.15, 0.2) is 30.6 Å². The predicted octanol–water partition coefficient (Wildman–Crippen LogP) is 0.816. The number of likely N-dealkylation sites (N-methyl/N-ethyl adjacent to an activating group) is 1. The summed E-state index contributed by atoms with van der Waals surface area (Å²) >= 11 is 0. The molecule has 0 spiro atoms. The van der Waals surface area contributed by atoms with Crippen molar-refractivity contribution < 1.29 is 4.79 Å². The van der Waals surface area contributed by atoms with Crippen molar-refractivity contribution in [2.24, 2.45) is 0 Å². The van der Waals surface area contributed by atoms with Crippen LogP contribution in [0.25, 0.3) is 10.9 Å². The van der Waals surface area contributed by atoms with Gasteiger partial charge in [-0.1, -0.05) is 12.1 Å². The zero-order chi connectivity index (χ0) is 14.7. The average Bonchev–Trinajstić information content (AvgIpc) is 2.53. The summed E-state index contributed by atoms with van der Waals surface area (Å²) in [6.07, 6.45) is 1.52. The molecule has 0 atom stereocenters. The van der Waals surface area contributed by atoms with Crippen LogP contribution in [0.4, 0.5) is 5.82 Å². The Balaban J connectivity index is 1.65. The zero-order valence-electron chi connectivity index (χ0n) is 12.1. The van der Waals surface area contributed by atoms with E-state index >= 15 is 0 Å². The van der Waals surface area contributed by atoms with Crippen molar-refractivity contribution >= 4 is 22.6 Å². The van der Waals surface area contributed by atoms with Crippen LogP contribution >= 0.6 is 0 Å². The first-order chi connectivity index (χ1) is 10.2. The van der Waals surface area contributed by atoms with Gasteiger partial charge in [-0.15, -0.1) is 0 Å². The number of piperazine rings is 1. The Bertz CT molecular complexity index is 632.